The van der Waals surface area contributed by atoms with E-state index in [2.05, 4.69) is 70.3 Å². The molecular formula is C23H33NO2. The lowest BCUT2D eigenvalue weighted by molar-refractivity contribution is 0.256. The summed E-state index contributed by atoms with van der Waals surface area (Å²) in [6.07, 6.45) is 0. The van der Waals surface area contributed by atoms with Crippen LogP contribution >= 0.6 is 0 Å². The summed E-state index contributed by atoms with van der Waals surface area (Å²) in [4.78, 5) is 0. The minimum absolute atomic E-state index is 0.489. The number of nitrogens with one attached hydrogen (secondary N) is 1. The topological polar surface area (TPSA) is 30.5 Å². The van der Waals surface area contributed by atoms with Crippen molar-refractivity contribution < 1.29 is 9.47 Å². The summed E-state index contributed by atoms with van der Waals surface area (Å²) < 4.78 is 11.9. The van der Waals surface area contributed by atoms with Gasteiger partial charge < -0.3 is 14.8 Å². The molecule has 0 saturated heterocycles. The summed E-state index contributed by atoms with van der Waals surface area (Å²) in [5.74, 6) is 2.78. The van der Waals surface area contributed by atoms with Crippen molar-refractivity contribution >= 4 is 0 Å². The van der Waals surface area contributed by atoms with E-state index in [9.17, 15) is 0 Å². The van der Waals surface area contributed by atoms with Gasteiger partial charge in [0.2, 0.25) is 0 Å². The average molecular weight is 356 g/mol. The van der Waals surface area contributed by atoms with Gasteiger partial charge >= 0.3 is 0 Å². The molecular weight excluding hydrogens is 322 g/mol. The van der Waals surface area contributed by atoms with Gasteiger partial charge in [0.05, 0.1) is 13.2 Å². The maximum absolute atomic E-state index is 6.05. The third kappa shape index (κ3) is 7.09. The second-order valence-electron chi connectivity index (χ2n) is 7.77. The minimum Gasteiger partial charge on any atom is -0.493 e. The number of hydrogen-bond acceptors (Lipinski definition) is 3. The molecule has 1 N–H and O–H groups in total. The first kappa shape index (κ1) is 20.3. The van der Waals surface area contributed by atoms with E-state index in [1.54, 1.807) is 0 Å². The van der Waals surface area contributed by atoms with Crippen LogP contribution in [0.4, 0.5) is 0 Å². The smallest absolute Gasteiger partial charge is 0.127 e. The molecule has 3 heteroatoms. The van der Waals surface area contributed by atoms with Crippen LogP contribution in [0.2, 0.25) is 0 Å². The number of hydrogen-bond donors (Lipinski definition) is 1. The van der Waals surface area contributed by atoms with Crippen molar-refractivity contribution in [2.45, 2.75) is 47.7 Å². The van der Waals surface area contributed by atoms with Crippen LogP contribution in [-0.4, -0.2) is 13.2 Å². The Hall–Kier alpha value is -2.00. The third-order valence-electron chi connectivity index (χ3n) is 3.92. The Labute approximate surface area is 158 Å². The summed E-state index contributed by atoms with van der Waals surface area (Å²) in [6.45, 7) is 13.8. The SMILES string of the molecule is Cc1cccc(CNCc2ccc(OCC(C)C)cc2OCC(C)C)c1. The van der Waals surface area contributed by atoms with Gasteiger partial charge in [0.15, 0.2) is 0 Å². The monoisotopic (exact) mass is 355 g/mol. The van der Waals surface area contributed by atoms with E-state index in [4.69, 9.17) is 9.47 Å². The maximum atomic E-state index is 6.05. The average Bonchev–Trinajstić information content (AvgIpc) is 2.59. The van der Waals surface area contributed by atoms with E-state index in [0.29, 0.717) is 25.0 Å². The zero-order valence-electron chi connectivity index (χ0n) is 16.8. The second-order valence-corrected chi connectivity index (χ2v) is 7.77. The molecule has 0 aliphatic heterocycles. The Kier molecular flexibility index (Phi) is 7.99. The Morgan fingerprint density at radius 2 is 1.58 bits per heavy atom. The molecule has 2 aromatic carbocycles. The Bertz CT molecular complexity index is 680. The summed E-state index contributed by atoms with van der Waals surface area (Å²) in [7, 11) is 0. The number of rotatable bonds is 10. The highest BCUT2D eigenvalue weighted by Gasteiger charge is 2.08. The van der Waals surface area contributed by atoms with E-state index < -0.39 is 0 Å². The molecule has 3 nitrogen and oxygen atoms in total. The van der Waals surface area contributed by atoms with Crippen LogP contribution in [0.5, 0.6) is 11.5 Å². The molecule has 0 saturated carbocycles. The van der Waals surface area contributed by atoms with Crippen molar-refractivity contribution in [3.8, 4) is 11.5 Å². The van der Waals surface area contributed by atoms with Gasteiger partial charge in [0, 0.05) is 24.7 Å². The highest BCUT2D eigenvalue weighted by atomic mass is 16.5. The predicted octanol–water partition coefficient (Wildman–Crippen LogP) is 5.35. The highest BCUT2D eigenvalue weighted by molar-refractivity contribution is 5.41. The van der Waals surface area contributed by atoms with Crippen LogP contribution in [0, 0.1) is 18.8 Å². The van der Waals surface area contributed by atoms with Gasteiger partial charge in [-0.3, -0.25) is 0 Å². The lowest BCUT2D eigenvalue weighted by Crippen LogP contribution is -2.15. The lowest BCUT2D eigenvalue weighted by Gasteiger charge is -2.16. The van der Waals surface area contributed by atoms with Crippen molar-refractivity contribution in [1.29, 1.82) is 0 Å². The first-order valence-electron chi connectivity index (χ1n) is 9.59. The van der Waals surface area contributed by atoms with Gasteiger partial charge in [0.1, 0.15) is 11.5 Å². The molecule has 0 heterocycles. The van der Waals surface area contributed by atoms with Crippen molar-refractivity contribution in [3.05, 3.63) is 59.2 Å². The van der Waals surface area contributed by atoms with Crippen molar-refractivity contribution in [2.75, 3.05) is 13.2 Å². The van der Waals surface area contributed by atoms with Crippen LogP contribution in [-0.2, 0) is 13.1 Å². The molecule has 0 atom stereocenters. The van der Waals surface area contributed by atoms with Crippen LogP contribution in [0.25, 0.3) is 0 Å². The fourth-order valence-corrected chi connectivity index (χ4v) is 2.59. The molecule has 0 bridgehead atoms. The standard InChI is InChI=1S/C23H33NO2/c1-17(2)15-25-22-10-9-21(23(12-22)26-16-18(3)4)14-24-13-20-8-6-7-19(5)11-20/h6-12,17-18,24H,13-16H2,1-5H3. The zero-order valence-corrected chi connectivity index (χ0v) is 16.8. The fourth-order valence-electron chi connectivity index (χ4n) is 2.59. The molecule has 0 spiro atoms. The first-order valence-corrected chi connectivity index (χ1v) is 9.59. The molecule has 2 rings (SSSR count). The van der Waals surface area contributed by atoms with Crippen LogP contribution < -0.4 is 14.8 Å². The highest BCUT2D eigenvalue weighted by Crippen LogP contribution is 2.26. The van der Waals surface area contributed by atoms with Gasteiger partial charge in [-0.2, -0.15) is 0 Å². The molecule has 0 fully saturated rings. The van der Waals surface area contributed by atoms with Crippen LogP contribution in [0.1, 0.15) is 44.4 Å². The van der Waals surface area contributed by atoms with E-state index in [0.717, 1.165) is 30.2 Å². The molecule has 0 unspecified atom stereocenters. The first-order chi connectivity index (χ1) is 12.4. The van der Waals surface area contributed by atoms with Gasteiger partial charge in [-0.1, -0.05) is 63.6 Å². The molecule has 0 aliphatic carbocycles. The number of ether oxygens (including phenoxy) is 2. The molecule has 0 aliphatic rings. The van der Waals surface area contributed by atoms with E-state index in [1.807, 2.05) is 12.1 Å². The second kappa shape index (κ2) is 10.2. The largest absolute Gasteiger partial charge is 0.493 e. The summed E-state index contributed by atoms with van der Waals surface area (Å²) in [6, 6.07) is 14.8. The van der Waals surface area contributed by atoms with E-state index >= 15 is 0 Å². The molecule has 0 aromatic heterocycles. The Morgan fingerprint density at radius 3 is 2.27 bits per heavy atom. The van der Waals surface area contributed by atoms with Gasteiger partial charge in [-0.05, 0) is 30.4 Å². The van der Waals surface area contributed by atoms with Gasteiger partial charge in [-0.15, -0.1) is 0 Å². The van der Waals surface area contributed by atoms with Crippen LogP contribution in [0.3, 0.4) is 0 Å². The summed E-state index contributed by atoms with van der Waals surface area (Å²) in [5, 5.41) is 3.52. The Morgan fingerprint density at radius 1 is 0.846 bits per heavy atom. The zero-order chi connectivity index (χ0) is 18.9. The van der Waals surface area contributed by atoms with Crippen molar-refractivity contribution in [1.82, 2.24) is 5.32 Å². The number of benzene rings is 2. The molecule has 0 amide bonds. The molecule has 26 heavy (non-hydrogen) atoms. The van der Waals surface area contributed by atoms with E-state index in [1.165, 1.54) is 11.1 Å². The maximum Gasteiger partial charge on any atom is 0.127 e. The fraction of sp³-hybridized carbons (Fsp3) is 0.478. The lowest BCUT2D eigenvalue weighted by atomic mass is 10.1. The molecule has 2 aromatic rings. The third-order valence-corrected chi connectivity index (χ3v) is 3.92. The summed E-state index contributed by atoms with van der Waals surface area (Å²) in [5.41, 5.74) is 3.75. The predicted molar refractivity (Wildman–Crippen MR) is 109 cm³/mol. The minimum atomic E-state index is 0.489. The van der Waals surface area contributed by atoms with Crippen LogP contribution in [0.15, 0.2) is 42.5 Å². The molecule has 0 radical (unpaired) electrons. The van der Waals surface area contributed by atoms with Crippen molar-refractivity contribution in [2.24, 2.45) is 11.8 Å². The van der Waals surface area contributed by atoms with Gasteiger partial charge in [0.25, 0.3) is 0 Å². The van der Waals surface area contributed by atoms with E-state index in [-0.39, 0.29) is 0 Å². The van der Waals surface area contributed by atoms with Gasteiger partial charge in [-0.25, -0.2) is 0 Å². The van der Waals surface area contributed by atoms with Crippen molar-refractivity contribution in [3.63, 3.8) is 0 Å². The number of aryl methyl sites for hydroxylation is 1. The summed E-state index contributed by atoms with van der Waals surface area (Å²) >= 11 is 0. The Balaban J connectivity index is 2.01. The normalized spacial score (nSPS) is 11.2. The molecule has 142 valence electrons. The quantitative estimate of drug-likeness (QED) is 0.623.